The second-order valence-electron chi connectivity index (χ2n) is 2.45. The summed E-state index contributed by atoms with van der Waals surface area (Å²) in [6.07, 6.45) is -2.92. The molecule has 1 heterocycles. The largest absolute Gasteiger partial charge is 0.488 e. The van der Waals surface area contributed by atoms with E-state index in [0.29, 0.717) is 6.07 Å². The van der Waals surface area contributed by atoms with E-state index < -0.39 is 27.9 Å². The van der Waals surface area contributed by atoms with E-state index in [0.717, 1.165) is 7.11 Å². The predicted octanol–water partition coefficient (Wildman–Crippen LogP) is 2.59. The summed E-state index contributed by atoms with van der Waals surface area (Å²) >= 11 is 5.45. The Kier molecular flexibility index (Phi) is 3.35. The van der Waals surface area contributed by atoms with E-state index in [2.05, 4.69) is 9.72 Å². The molecule has 1 aromatic heterocycles. The van der Waals surface area contributed by atoms with Gasteiger partial charge in [-0.05, 0) is 0 Å². The first-order valence-electron chi connectivity index (χ1n) is 3.64. The Bertz CT molecular complexity index is 400. The summed E-state index contributed by atoms with van der Waals surface area (Å²) in [6.45, 7) is 0. The van der Waals surface area contributed by atoms with Gasteiger partial charge >= 0.3 is 5.69 Å². The molecule has 82 valence electrons. The molecular weight excluding hydrogens is 234 g/mol. The van der Waals surface area contributed by atoms with Crippen LogP contribution in [0.25, 0.3) is 0 Å². The van der Waals surface area contributed by atoms with E-state index in [1.807, 2.05) is 0 Å². The third kappa shape index (κ3) is 2.30. The van der Waals surface area contributed by atoms with Crippen molar-refractivity contribution in [3.63, 3.8) is 0 Å². The van der Waals surface area contributed by atoms with Gasteiger partial charge in [-0.2, -0.15) is 0 Å². The molecule has 0 aliphatic rings. The number of hydrogen-bond acceptors (Lipinski definition) is 4. The number of alkyl halides is 2. The maximum absolute atomic E-state index is 12.2. The standard InChI is InChI=1S/C7H5ClF2N2O3/c1-15-5-4(12(13)14)2-3(7(9)10)11-6(5)8/h2,7H,1H3. The fourth-order valence-corrected chi connectivity index (χ4v) is 1.22. The Morgan fingerprint density at radius 1 is 1.67 bits per heavy atom. The molecule has 0 bridgehead atoms. The summed E-state index contributed by atoms with van der Waals surface area (Å²) in [5.74, 6) is -0.328. The van der Waals surface area contributed by atoms with E-state index >= 15 is 0 Å². The Morgan fingerprint density at radius 3 is 2.67 bits per heavy atom. The normalized spacial score (nSPS) is 10.5. The molecule has 0 aliphatic heterocycles. The molecule has 0 aliphatic carbocycles. The third-order valence-electron chi connectivity index (χ3n) is 1.56. The van der Waals surface area contributed by atoms with Gasteiger partial charge in [0.05, 0.1) is 12.0 Å². The number of nitro groups is 1. The highest BCUT2D eigenvalue weighted by atomic mass is 35.5. The van der Waals surface area contributed by atoms with Gasteiger partial charge < -0.3 is 4.74 Å². The van der Waals surface area contributed by atoms with Crippen LogP contribution in [-0.2, 0) is 0 Å². The first kappa shape index (κ1) is 11.6. The van der Waals surface area contributed by atoms with Crippen molar-refractivity contribution in [2.75, 3.05) is 7.11 Å². The highest BCUT2D eigenvalue weighted by Gasteiger charge is 2.24. The van der Waals surface area contributed by atoms with Gasteiger partial charge in [0.15, 0.2) is 5.15 Å². The van der Waals surface area contributed by atoms with Gasteiger partial charge in [0.1, 0.15) is 5.69 Å². The van der Waals surface area contributed by atoms with E-state index in [9.17, 15) is 18.9 Å². The molecule has 1 rings (SSSR count). The number of rotatable bonds is 3. The van der Waals surface area contributed by atoms with Crippen molar-refractivity contribution in [2.45, 2.75) is 6.43 Å². The monoisotopic (exact) mass is 238 g/mol. The number of ether oxygens (including phenoxy) is 1. The summed E-state index contributed by atoms with van der Waals surface area (Å²) < 4.78 is 29.1. The lowest BCUT2D eigenvalue weighted by Gasteiger charge is -2.05. The number of halogens is 3. The topological polar surface area (TPSA) is 65.3 Å². The summed E-state index contributed by atoms with van der Waals surface area (Å²) in [5, 5.41) is 10.0. The van der Waals surface area contributed by atoms with Crippen molar-refractivity contribution in [3.05, 3.63) is 27.0 Å². The lowest BCUT2D eigenvalue weighted by atomic mass is 10.3. The molecule has 0 aromatic carbocycles. The zero-order chi connectivity index (χ0) is 11.6. The second kappa shape index (κ2) is 4.35. The van der Waals surface area contributed by atoms with Crippen molar-refractivity contribution in [2.24, 2.45) is 0 Å². The van der Waals surface area contributed by atoms with E-state index in [1.54, 1.807) is 0 Å². The van der Waals surface area contributed by atoms with Crippen LogP contribution in [-0.4, -0.2) is 17.0 Å². The molecule has 0 spiro atoms. The maximum atomic E-state index is 12.2. The van der Waals surface area contributed by atoms with Crippen LogP contribution in [0.2, 0.25) is 5.15 Å². The van der Waals surface area contributed by atoms with Gasteiger partial charge in [-0.25, -0.2) is 13.8 Å². The summed E-state index contributed by atoms with van der Waals surface area (Å²) in [6, 6.07) is 0.634. The molecule has 1 aromatic rings. The number of aromatic nitrogens is 1. The average Bonchev–Trinajstić information content (AvgIpc) is 2.16. The fraction of sp³-hybridized carbons (Fsp3) is 0.286. The summed E-state index contributed by atoms with van der Waals surface area (Å²) in [7, 11) is 1.14. The van der Waals surface area contributed by atoms with Gasteiger partial charge in [0, 0.05) is 6.07 Å². The fourth-order valence-electron chi connectivity index (χ4n) is 0.944. The van der Waals surface area contributed by atoms with E-state index in [4.69, 9.17) is 11.6 Å². The van der Waals surface area contributed by atoms with Gasteiger partial charge in [0.2, 0.25) is 5.75 Å². The number of pyridine rings is 1. The minimum atomic E-state index is -2.92. The van der Waals surface area contributed by atoms with E-state index in [1.165, 1.54) is 0 Å². The first-order chi connectivity index (χ1) is 6.97. The van der Waals surface area contributed by atoms with Gasteiger partial charge in [-0.15, -0.1) is 0 Å². The van der Waals surface area contributed by atoms with Crippen LogP contribution in [0.15, 0.2) is 6.07 Å². The maximum Gasteiger partial charge on any atom is 0.316 e. The zero-order valence-corrected chi connectivity index (χ0v) is 8.16. The number of nitrogens with zero attached hydrogens (tertiary/aromatic N) is 2. The molecular formula is C7H5ClF2N2O3. The Morgan fingerprint density at radius 2 is 2.27 bits per heavy atom. The zero-order valence-electron chi connectivity index (χ0n) is 7.41. The van der Waals surface area contributed by atoms with Crippen molar-refractivity contribution < 1.29 is 18.4 Å². The minimum absolute atomic E-state index is 0.328. The Labute approximate surface area is 87.8 Å². The molecule has 5 nitrogen and oxygen atoms in total. The van der Waals surface area contributed by atoms with Gasteiger partial charge in [-0.3, -0.25) is 10.1 Å². The Balaban J connectivity index is 3.38. The Hall–Kier alpha value is -1.50. The van der Waals surface area contributed by atoms with E-state index in [-0.39, 0.29) is 5.75 Å². The highest BCUT2D eigenvalue weighted by Crippen LogP contribution is 2.35. The lowest BCUT2D eigenvalue weighted by Crippen LogP contribution is -1.99. The van der Waals surface area contributed by atoms with Crippen LogP contribution < -0.4 is 4.74 Å². The second-order valence-corrected chi connectivity index (χ2v) is 2.81. The smallest absolute Gasteiger partial charge is 0.316 e. The predicted molar refractivity (Wildman–Crippen MR) is 47.4 cm³/mol. The lowest BCUT2D eigenvalue weighted by molar-refractivity contribution is -0.385. The highest BCUT2D eigenvalue weighted by molar-refractivity contribution is 6.31. The number of hydrogen-bond donors (Lipinski definition) is 0. The SMILES string of the molecule is COc1c([N+](=O)[O-])cc(C(F)F)nc1Cl. The molecule has 0 saturated heterocycles. The molecule has 0 radical (unpaired) electrons. The molecule has 0 saturated carbocycles. The van der Waals surface area contributed by atoms with Crippen LogP contribution >= 0.6 is 11.6 Å². The van der Waals surface area contributed by atoms with Crippen LogP contribution in [0.1, 0.15) is 12.1 Å². The van der Waals surface area contributed by atoms with Crippen molar-refractivity contribution >= 4 is 17.3 Å². The quantitative estimate of drug-likeness (QED) is 0.461. The molecule has 0 N–H and O–H groups in total. The van der Waals surface area contributed by atoms with Crippen molar-refractivity contribution in [1.29, 1.82) is 0 Å². The molecule has 15 heavy (non-hydrogen) atoms. The molecule has 0 fully saturated rings. The molecule has 0 amide bonds. The summed E-state index contributed by atoms with van der Waals surface area (Å²) in [4.78, 5) is 12.9. The van der Waals surface area contributed by atoms with Crippen LogP contribution in [0, 0.1) is 10.1 Å². The first-order valence-corrected chi connectivity index (χ1v) is 4.02. The molecule has 8 heteroatoms. The van der Waals surface area contributed by atoms with Crippen LogP contribution in [0.4, 0.5) is 14.5 Å². The van der Waals surface area contributed by atoms with Crippen LogP contribution in [0.3, 0.4) is 0 Å². The minimum Gasteiger partial charge on any atom is -0.488 e. The van der Waals surface area contributed by atoms with Gasteiger partial charge in [-0.1, -0.05) is 11.6 Å². The molecule has 0 atom stereocenters. The average molecular weight is 239 g/mol. The third-order valence-corrected chi connectivity index (χ3v) is 1.81. The van der Waals surface area contributed by atoms with Crippen LogP contribution in [0.5, 0.6) is 5.75 Å². The number of methoxy groups -OCH3 is 1. The molecule has 0 unspecified atom stereocenters. The summed E-state index contributed by atoms with van der Waals surface area (Å²) in [5.41, 5.74) is -1.39. The van der Waals surface area contributed by atoms with Crippen molar-refractivity contribution in [1.82, 2.24) is 4.98 Å². The van der Waals surface area contributed by atoms with Gasteiger partial charge in [0.25, 0.3) is 6.43 Å². The van der Waals surface area contributed by atoms with Crippen molar-refractivity contribution in [3.8, 4) is 5.75 Å².